The van der Waals surface area contributed by atoms with Crippen LogP contribution in [0.4, 0.5) is 0 Å². The Bertz CT molecular complexity index is 199. The van der Waals surface area contributed by atoms with Gasteiger partial charge in [-0.05, 0) is 22.9 Å². The van der Waals surface area contributed by atoms with Crippen molar-refractivity contribution in [2.24, 2.45) is 0 Å². The molecule has 0 bridgehead atoms. The van der Waals surface area contributed by atoms with Crippen molar-refractivity contribution in [3.05, 3.63) is 16.9 Å². The molecule has 54 valence electrons. The summed E-state index contributed by atoms with van der Waals surface area (Å²) in [5, 5.41) is 0. The van der Waals surface area contributed by atoms with Crippen molar-refractivity contribution in [2.45, 2.75) is 6.92 Å². The second-order valence-corrected chi connectivity index (χ2v) is 2.53. The highest BCUT2D eigenvalue weighted by Crippen LogP contribution is 2.07. The molecule has 0 N–H and O–H groups in total. The predicted octanol–water partition coefficient (Wildman–Crippen LogP) is 1.64. The number of nitrogens with zero attached hydrogens (tertiary/aromatic N) is 2. The average Bonchev–Trinajstić information content (AvgIpc) is 1.95. The Balaban J connectivity index is 2.69. The maximum atomic E-state index is 5.02. The van der Waals surface area contributed by atoms with Gasteiger partial charge in [-0.1, -0.05) is 0 Å². The molecular weight excluding hydrogens is 196 g/mol. The van der Waals surface area contributed by atoms with E-state index in [1.165, 1.54) is 0 Å². The number of ether oxygens (including phenoxy) is 1. The van der Waals surface area contributed by atoms with Gasteiger partial charge in [-0.3, -0.25) is 0 Å². The van der Waals surface area contributed by atoms with Crippen LogP contribution in [0.2, 0.25) is 0 Å². The summed E-state index contributed by atoms with van der Waals surface area (Å²) in [7, 11) is 0. The first-order valence-corrected chi connectivity index (χ1v) is 3.72. The molecule has 0 unspecified atom stereocenters. The van der Waals surface area contributed by atoms with Gasteiger partial charge in [0.1, 0.15) is 0 Å². The lowest BCUT2D eigenvalue weighted by Crippen LogP contribution is -1.95. The van der Waals surface area contributed by atoms with Gasteiger partial charge < -0.3 is 4.74 Å². The summed E-state index contributed by atoms with van der Waals surface area (Å²) >= 11 is 3.22. The number of halogens is 1. The van der Waals surface area contributed by atoms with E-state index in [1.807, 2.05) is 6.92 Å². The second kappa shape index (κ2) is 3.51. The molecule has 0 aliphatic carbocycles. The lowest BCUT2D eigenvalue weighted by molar-refractivity contribution is 0.312. The Morgan fingerprint density at radius 1 is 1.50 bits per heavy atom. The monoisotopic (exact) mass is 202 g/mol. The highest BCUT2D eigenvalue weighted by atomic mass is 79.9. The zero-order valence-corrected chi connectivity index (χ0v) is 7.13. The third-order valence-corrected chi connectivity index (χ3v) is 1.28. The van der Waals surface area contributed by atoms with Gasteiger partial charge in [-0.15, -0.1) is 0 Å². The zero-order chi connectivity index (χ0) is 7.40. The molecule has 4 heteroatoms. The third-order valence-electron chi connectivity index (χ3n) is 0.870. The van der Waals surface area contributed by atoms with Crippen molar-refractivity contribution in [2.75, 3.05) is 6.61 Å². The Morgan fingerprint density at radius 3 is 2.60 bits per heavy atom. The maximum Gasteiger partial charge on any atom is 0.316 e. The highest BCUT2D eigenvalue weighted by molar-refractivity contribution is 9.10. The molecule has 0 aliphatic rings. The van der Waals surface area contributed by atoms with E-state index in [-0.39, 0.29) is 0 Å². The Labute approximate surface area is 67.6 Å². The summed E-state index contributed by atoms with van der Waals surface area (Å²) in [6.45, 7) is 2.49. The minimum atomic E-state index is 0.422. The first kappa shape index (κ1) is 7.47. The van der Waals surface area contributed by atoms with Gasteiger partial charge in [0.15, 0.2) is 0 Å². The number of rotatable bonds is 2. The standard InChI is InChI=1S/C6H7BrN2O/c1-2-10-6-8-3-5(7)4-9-6/h3-4H,2H2,1H3. The second-order valence-electron chi connectivity index (χ2n) is 1.62. The van der Waals surface area contributed by atoms with Crippen molar-refractivity contribution in [1.29, 1.82) is 0 Å². The molecule has 1 heterocycles. The molecule has 0 amide bonds. The van der Waals surface area contributed by atoms with Gasteiger partial charge in [-0.2, -0.15) is 0 Å². The zero-order valence-electron chi connectivity index (χ0n) is 5.54. The van der Waals surface area contributed by atoms with Crippen molar-refractivity contribution >= 4 is 15.9 Å². The van der Waals surface area contributed by atoms with E-state index in [0.29, 0.717) is 12.6 Å². The van der Waals surface area contributed by atoms with Crippen LogP contribution >= 0.6 is 15.9 Å². The number of hydrogen-bond acceptors (Lipinski definition) is 3. The molecule has 0 saturated carbocycles. The van der Waals surface area contributed by atoms with Crippen LogP contribution in [-0.2, 0) is 0 Å². The molecule has 0 spiro atoms. The molecule has 1 rings (SSSR count). The lowest BCUT2D eigenvalue weighted by atomic mass is 10.7. The van der Waals surface area contributed by atoms with E-state index in [1.54, 1.807) is 12.4 Å². The normalized spacial score (nSPS) is 9.40. The summed E-state index contributed by atoms with van der Waals surface area (Å²) < 4.78 is 5.88. The predicted molar refractivity (Wildman–Crippen MR) is 40.9 cm³/mol. The molecule has 0 atom stereocenters. The molecule has 10 heavy (non-hydrogen) atoms. The van der Waals surface area contributed by atoms with Crippen LogP contribution in [0, 0.1) is 0 Å². The van der Waals surface area contributed by atoms with Crippen LogP contribution in [0.5, 0.6) is 6.01 Å². The van der Waals surface area contributed by atoms with E-state index in [0.717, 1.165) is 4.47 Å². The Hall–Kier alpha value is -0.640. The van der Waals surface area contributed by atoms with E-state index >= 15 is 0 Å². The van der Waals surface area contributed by atoms with E-state index in [4.69, 9.17) is 4.74 Å². The van der Waals surface area contributed by atoms with Gasteiger partial charge in [0.25, 0.3) is 0 Å². The van der Waals surface area contributed by atoms with Gasteiger partial charge in [-0.25, -0.2) is 9.97 Å². The van der Waals surface area contributed by atoms with E-state index in [9.17, 15) is 0 Å². The van der Waals surface area contributed by atoms with Crippen LogP contribution in [0.3, 0.4) is 0 Å². The largest absolute Gasteiger partial charge is 0.464 e. The van der Waals surface area contributed by atoms with Crippen LogP contribution in [0.1, 0.15) is 6.92 Å². The third kappa shape index (κ3) is 1.95. The van der Waals surface area contributed by atoms with E-state index in [2.05, 4.69) is 25.9 Å². The smallest absolute Gasteiger partial charge is 0.316 e. The minimum absolute atomic E-state index is 0.422. The van der Waals surface area contributed by atoms with Crippen LogP contribution in [0.15, 0.2) is 16.9 Å². The summed E-state index contributed by atoms with van der Waals surface area (Å²) in [5.41, 5.74) is 0. The van der Waals surface area contributed by atoms with Gasteiger partial charge in [0.2, 0.25) is 0 Å². The van der Waals surface area contributed by atoms with Crippen LogP contribution < -0.4 is 4.74 Å². The first-order valence-electron chi connectivity index (χ1n) is 2.93. The van der Waals surface area contributed by atoms with Crippen molar-refractivity contribution < 1.29 is 4.74 Å². The summed E-state index contributed by atoms with van der Waals surface area (Å²) in [4.78, 5) is 7.78. The van der Waals surface area contributed by atoms with Gasteiger partial charge >= 0.3 is 6.01 Å². The Morgan fingerprint density at radius 2 is 2.10 bits per heavy atom. The molecule has 0 fully saturated rings. The molecule has 0 aliphatic heterocycles. The summed E-state index contributed by atoms with van der Waals surface area (Å²) in [6.07, 6.45) is 3.30. The van der Waals surface area contributed by atoms with E-state index < -0.39 is 0 Å². The molecule has 0 radical (unpaired) electrons. The fourth-order valence-corrected chi connectivity index (χ4v) is 0.709. The van der Waals surface area contributed by atoms with Crippen molar-refractivity contribution in [3.8, 4) is 6.01 Å². The number of hydrogen-bond donors (Lipinski definition) is 0. The molecule has 0 aromatic carbocycles. The minimum Gasteiger partial charge on any atom is -0.464 e. The molecule has 1 aromatic rings. The van der Waals surface area contributed by atoms with Gasteiger partial charge in [0, 0.05) is 12.4 Å². The first-order chi connectivity index (χ1) is 4.83. The molecule has 3 nitrogen and oxygen atoms in total. The number of aromatic nitrogens is 2. The van der Waals surface area contributed by atoms with Gasteiger partial charge in [0.05, 0.1) is 11.1 Å². The molecule has 0 saturated heterocycles. The van der Waals surface area contributed by atoms with Crippen molar-refractivity contribution in [1.82, 2.24) is 9.97 Å². The molecular formula is C6H7BrN2O. The average molecular weight is 203 g/mol. The fourth-order valence-electron chi connectivity index (χ4n) is 0.504. The Kier molecular flexibility index (Phi) is 2.62. The SMILES string of the molecule is CCOc1ncc(Br)cn1. The van der Waals surface area contributed by atoms with Crippen LogP contribution in [-0.4, -0.2) is 16.6 Å². The quantitative estimate of drug-likeness (QED) is 0.732. The topological polar surface area (TPSA) is 35.0 Å². The summed E-state index contributed by atoms with van der Waals surface area (Å²) in [6, 6.07) is 0.422. The maximum absolute atomic E-state index is 5.02. The fraction of sp³-hybridized carbons (Fsp3) is 0.333. The van der Waals surface area contributed by atoms with Crippen LogP contribution in [0.25, 0.3) is 0 Å². The highest BCUT2D eigenvalue weighted by Gasteiger charge is 1.92. The summed E-state index contributed by atoms with van der Waals surface area (Å²) in [5.74, 6) is 0. The molecule has 1 aromatic heterocycles. The lowest BCUT2D eigenvalue weighted by Gasteiger charge is -1.97. The van der Waals surface area contributed by atoms with Crippen molar-refractivity contribution in [3.63, 3.8) is 0 Å².